The summed E-state index contributed by atoms with van der Waals surface area (Å²) in [6.07, 6.45) is 5.41. The Hall–Kier alpha value is -3.65. The molecule has 0 bridgehead atoms. The van der Waals surface area contributed by atoms with Crippen LogP contribution in [0.5, 0.6) is 0 Å². The Morgan fingerprint density at radius 3 is 2.17 bits per heavy atom. The maximum Gasteiger partial charge on any atom is 0.244 e. The van der Waals surface area contributed by atoms with Crippen molar-refractivity contribution in [2.24, 2.45) is 0 Å². The average molecular weight is 576 g/mol. The van der Waals surface area contributed by atoms with Gasteiger partial charge >= 0.3 is 0 Å². The van der Waals surface area contributed by atoms with Gasteiger partial charge < -0.3 is 10.2 Å². The fourth-order valence-electron chi connectivity index (χ4n) is 5.41. The van der Waals surface area contributed by atoms with Crippen molar-refractivity contribution < 1.29 is 18.0 Å². The molecule has 0 unspecified atom stereocenters. The van der Waals surface area contributed by atoms with Crippen LogP contribution in [0.4, 0.5) is 5.69 Å². The molecule has 7 nitrogen and oxygen atoms in total. The largest absolute Gasteiger partial charge is 0.352 e. The lowest BCUT2D eigenvalue weighted by Gasteiger charge is -2.34. The van der Waals surface area contributed by atoms with E-state index in [4.69, 9.17) is 0 Å². The van der Waals surface area contributed by atoms with Crippen molar-refractivity contribution in [3.63, 3.8) is 0 Å². The van der Waals surface area contributed by atoms with Crippen LogP contribution in [0.2, 0.25) is 0 Å². The van der Waals surface area contributed by atoms with Gasteiger partial charge in [0.05, 0.1) is 11.9 Å². The van der Waals surface area contributed by atoms with E-state index < -0.39 is 28.5 Å². The molecule has 2 amide bonds. The first-order chi connectivity index (χ1) is 19.5. The van der Waals surface area contributed by atoms with E-state index in [9.17, 15) is 18.0 Å². The van der Waals surface area contributed by atoms with E-state index in [0.29, 0.717) is 12.1 Å². The van der Waals surface area contributed by atoms with Gasteiger partial charge in [0.2, 0.25) is 21.8 Å². The number of amides is 2. The molecule has 4 rings (SSSR count). The van der Waals surface area contributed by atoms with Crippen LogP contribution in [0.1, 0.15) is 53.5 Å². The number of aryl methyl sites for hydroxylation is 2. The zero-order valence-corrected chi connectivity index (χ0v) is 25.3. The molecule has 218 valence electrons. The summed E-state index contributed by atoms with van der Waals surface area (Å²) < 4.78 is 27.3. The summed E-state index contributed by atoms with van der Waals surface area (Å²) in [4.78, 5) is 29.7. The van der Waals surface area contributed by atoms with Gasteiger partial charge in [-0.3, -0.25) is 13.9 Å². The third kappa shape index (κ3) is 7.97. The second-order valence-corrected chi connectivity index (χ2v) is 13.1. The fourth-order valence-corrected chi connectivity index (χ4v) is 6.31. The van der Waals surface area contributed by atoms with E-state index in [1.807, 2.05) is 81.4 Å². The van der Waals surface area contributed by atoms with Gasteiger partial charge in [0.25, 0.3) is 0 Å². The number of carbonyl (C=O) groups is 2. The highest BCUT2D eigenvalue weighted by Gasteiger charge is 2.34. The normalized spacial score (nSPS) is 14.4. The van der Waals surface area contributed by atoms with Crippen LogP contribution in [-0.4, -0.2) is 50.0 Å². The molecule has 1 saturated carbocycles. The van der Waals surface area contributed by atoms with Gasteiger partial charge in [-0.2, -0.15) is 0 Å². The minimum Gasteiger partial charge on any atom is -0.352 e. The molecule has 0 heterocycles. The van der Waals surface area contributed by atoms with Crippen LogP contribution >= 0.6 is 0 Å². The van der Waals surface area contributed by atoms with Gasteiger partial charge in [-0.05, 0) is 61.9 Å². The molecule has 3 aromatic rings. The molecule has 1 atom stereocenters. The predicted molar refractivity (Wildman–Crippen MR) is 164 cm³/mol. The zero-order chi connectivity index (χ0) is 29.6. The van der Waals surface area contributed by atoms with Crippen molar-refractivity contribution in [1.82, 2.24) is 10.2 Å². The molecule has 1 fully saturated rings. The van der Waals surface area contributed by atoms with Gasteiger partial charge in [-0.25, -0.2) is 8.42 Å². The van der Waals surface area contributed by atoms with Gasteiger partial charge in [0, 0.05) is 19.0 Å². The Morgan fingerprint density at radius 2 is 1.54 bits per heavy atom. The number of anilines is 1. The molecule has 8 heteroatoms. The SMILES string of the molecule is Cc1ccc(CN(C(=O)CN(c2cccc(C)c2C)S(C)(=O)=O)[C@@H](Cc2ccccc2)C(=O)NC2CCCC2)cc1. The molecule has 41 heavy (non-hydrogen) atoms. The smallest absolute Gasteiger partial charge is 0.244 e. The van der Waals surface area contributed by atoms with E-state index in [0.717, 1.165) is 64.1 Å². The lowest BCUT2D eigenvalue weighted by atomic mass is 10.0. The summed E-state index contributed by atoms with van der Waals surface area (Å²) in [6, 6.07) is 22.2. The van der Waals surface area contributed by atoms with E-state index in [-0.39, 0.29) is 18.5 Å². The predicted octanol–water partition coefficient (Wildman–Crippen LogP) is 5.08. The Kier molecular flexibility index (Phi) is 9.86. The number of benzene rings is 3. The molecule has 1 aliphatic rings. The van der Waals surface area contributed by atoms with Crippen LogP contribution in [0.15, 0.2) is 72.8 Å². The minimum absolute atomic E-state index is 0.0829. The summed E-state index contributed by atoms with van der Waals surface area (Å²) in [5, 5.41) is 3.20. The summed E-state index contributed by atoms with van der Waals surface area (Å²) in [6.45, 7) is 5.53. The molecule has 0 aliphatic heterocycles. The zero-order valence-electron chi connectivity index (χ0n) is 24.5. The Morgan fingerprint density at radius 1 is 0.878 bits per heavy atom. The molecule has 0 radical (unpaired) electrons. The van der Waals surface area contributed by atoms with Crippen LogP contribution in [0.3, 0.4) is 0 Å². The summed E-state index contributed by atoms with van der Waals surface area (Å²) in [7, 11) is -3.80. The number of hydrogen-bond acceptors (Lipinski definition) is 4. The highest BCUT2D eigenvalue weighted by Crippen LogP contribution is 2.26. The molecule has 3 aromatic carbocycles. The third-order valence-corrected chi connectivity index (χ3v) is 9.10. The number of carbonyl (C=O) groups excluding carboxylic acids is 2. The minimum atomic E-state index is -3.80. The van der Waals surface area contributed by atoms with Crippen molar-refractivity contribution in [3.05, 3.63) is 101 Å². The molecular formula is C33H41N3O4S. The Balaban J connectivity index is 1.74. The van der Waals surface area contributed by atoms with Crippen molar-refractivity contribution in [2.45, 2.75) is 71.5 Å². The summed E-state index contributed by atoms with van der Waals surface area (Å²) in [5.41, 5.74) is 5.06. The quantitative estimate of drug-likeness (QED) is 0.346. The van der Waals surface area contributed by atoms with Crippen molar-refractivity contribution in [2.75, 3.05) is 17.1 Å². The van der Waals surface area contributed by atoms with E-state index in [1.54, 1.807) is 17.0 Å². The van der Waals surface area contributed by atoms with Crippen molar-refractivity contribution in [1.29, 1.82) is 0 Å². The molecule has 0 spiro atoms. The lowest BCUT2D eigenvalue weighted by Crippen LogP contribution is -2.54. The monoisotopic (exact) mass is 575 g/mol. The van der Waals surface area contributed by atoms with E-state index >= 15 is 0 Å². The second-order valence-electron chi connectivity index (χ2n) is 11.2. The lowest BCUT2D eigenvalue weighted by molar-refractivity contribution is -0.140. The average Bonchev–Trinajstić information content (AvgIpc) is 3.45. The first-order valence-corrected chi connectivity index (χ1v) is 16.1. The second kappa shape index (κ2) is 13.3. The number of sulfonamides is 1. The Bertz CT molecular complexity index is 1450. The van der Waals surface area contributed by atoms with E-state index in [2.05, 4.69) is 5.32 Å². The van der Waals surface area contributed by atoms with Crippen LogP contribution in [0.25, 0.3) is 0 Å². The van der Waals surface area contributed by atoms with E-state index in [1.165, 1.54) is 0 Å². The first-order valence-electron chi connectivity index (χ1n) is 14.3. The number of nitrogens with zero attached hydrogens (tertiary/aromatic N) is 2. The topological polar surface area (TPSA) is 86.8 Å². The van der Waals surface area contributed by atoms with Crippen molar-refractivity contribution in [3.8, 4) is 0 Å². The highest BCUT2D eigenvalue weighted by molar-refractivity contribution is 7.92. The standard InChI is InChI=1S/C33H41N3O4S/c1-24-17-19-28(20-18-24)22-35(32(37)23-36(41(4,39)40)30-16-10-11-25(2)26(30)3)31(21-27-12-6-5-7-13-27)33(38)34-29-14-8-9-15-29/h5-7,10-13,16-20,29,31H,8-9,14-15,21-23H2,1-4H3,(H,34,38)/t31-/m0/s1. The van der Waals surface area contributed by atoms with Gasteiger partial charge in [-0.1, -0.05) is 85.1 Å². The number of nitrogens with one attached hydrogen (secondary N) is 1. The highest BCUT2D eigenvalue weighted by atomic mass is 32.2. The van der Waals surface area contributed by atoms with Gasteiger partial charge in [0.15, 0.2) is 0 Å². The van der Waals surface area contributed by atoms with Crippen LogP contribution < -0.4 is 9.62 Å². The number of rotatable bonds is 11. The molecule has 1 N–H and O–H groups in total. The maximum atomic E-state index is 14.3. The summed E-state index contributed by atoms with van der Waals surface area (Å²) >= 11 is 0. The van der Waals surface area contributed by atoms with Gasteiger partial charge in [-0.15, -0.1) is 0 Å². The number of hydrogen-bond donors (Lipinski definition) is 1. The third-order valence-electron chi connectivity index (χ3n) is 7.97. The molecule has 0 saturated heterocycles. The summed E-state index contributed by atoms with van der Waals surface area (Å²) in [5.74, 6) is -0.640. The van der Waals surface area contributed by atoms with Crippen molar-refractivity contribution >= 4 is 27.5 Å². The van der Waals surface area contributed by atoms with Gasteiger partial charge in [0.1, 0.15) is 12.6 Å². The van der Waals surface area contributed by atoms with Crippen LogP contribution in [0, 0.1) is 20.8 Å². The Labute approximate surface area is 244 Å². The molecule has 0 aromatic heterocycles. The van der Waals surface area contributed by atoms with Crippen LogP contribution in [-0.2, 0) is 32.6 Å². The molecule has 1 aliphatic carbocycles. The first kappa shape index (κ1) is 30.3. The maximum absolute atomic E-state index is 14.3. The molecular weight excluding hydrogens is 534 g/mol. The fraction of sp³-hybridized carbons (Fsp3) is 0.394.